The average molecular weight is 466 g/mol. The van der Waals surface area contributed by atoms with E-state index in [0.717, 1.165) is 6.29 Å². The van der Waals surface area contributed by atoms with Crippen LogP contribution in [0, 0.1) is 0 Å². The van der Waals surface area contributed by atoms with Crippen molar-refractivity contribution >= 4 is 28.8 Å². The van der Waals surface area contributed by atoms with Crippen LogP contribution in [0.2, 0.25) is 36.3 Å². The van der Waals surface area contributed by atoms with Gasteiger partial charge in [-0.05, 0) is 56.2 Å². The molecule has 1 rings (SSSR count). The summed E-state index contributed by atoms with van der Waals surface area (Å²) in [5, 5.41) is -0.0509. The minimum absolute atomic E-state index is 0.00447. The molecule has 0 fully saturated rings. The summed E-state index contributed by atoms with van der Waals surface area (Å²) in [4.78, 5) is 27.2. The van der Waals surface area contributed by atoms with Crippen molar-refractivity contribution in [2.75, 3.05) is 13.1 Å². The van der Waals surface area contributed by atoms with Crippen molar-refractivity contribution in [3.8, 4) is 11.5 Å². The van der Waals surface area contributed by atoms with Crippen molar-refractivity contribution in [1.29, 1.82) is 0 Å². The van der Waals surface area contributed by atoms with Crippen LogP contribution in [0.3, 0.4) is 0 Å². The van der Waals surface area contributed by atoms with E-state index in [4.69, 9.17) is 8.85 Å². The SMILES string of the molecule is CCN(CC)C(=O)c1c(C=O)cc(O[Si](C)(C)C(C)(C)C)cc1O[Si](C)(C)C(C)(C)C. The van der Waals surface area contributed by atoms with Gasteiger partial charge >= 0.3 is 0 Å². The zero-order chi connectivity index (χ0) is 24.4. The molecule has 7 heteroatoms. The number of nitrogens with zero attached hydrogens (tertiary/aromatic N) is 1. The van der Waals surface area contributed by atoms with E-state index in [1.807, 2.05) is 19.9 Å². The third-order valence-electron chi connectivity index (χ3n) is 6.85. The molecule has 0 atom stereocenters. The lowest BCUT2D eigenvalue weighted by Gasteiger charge is -2.38. The molecule has 0 saturated heterocycles. The third-order valence-corrected chi connectivity index (χ3v) is 15.5. The summed E-state index contributed by atoms with van der Waals surface area (Å²) in [6.45, 7) is 26.6. The highest BCUT2D eigenvalue weighted by Gasteiger charge is 2.42. The van der Waals surface area contributed by atoms with Crippen molar-refractivity contribution in [1.82, 2.24) is 4.90 Å². The lowest BCUT2D eigenvalue weighted by atomic mass is 10.1. The molecule has 1 aromatic rings. The zero-order valence-electron chi connectivity index (χ0n) is 21.7. The molecule has 0 saturated carbocycles. The number of carbonyl (C=O) groups is 2. The number of hydrogen-bond acceptors (Lipinski definition) is 4. The zero-order valence-corrected chi connectivity index (χ0v) is 23.7. The largest absolute Gasteiger partial charge is 0.543 e. The van der Waals surface area contributed by atoms with Gasteiger partial charge in [-0.1, -0.05) is 41.5 Å². The summed E-state index contributed by atoms with van der Waals surface area (Å²) in [7, 11) is -4.40. The molecule has 0 spiro atoms. The molecule has 0 N–H and O–H groups in total. The monoisotopic (exact) mass is 465 g/mol. The lowest BCUT2D eigenvalue weighted by molar-refractivity contribution is 0.0767. The van der Waals surface area contributed by atoms with Gasteiger partial charge in [-0.15, -0.1) is 0 Å². The number of benzene rings is 1. The second-order valence-corrected chi connectivity index (χ2v) is 20.7. The van der Waals surface area contributed by atoms with Crippen molar-refractivity contribution in [3.05, 3.63) is 23.3 Å². The first kappa shape index (κ1) is 27.4. The van der Waals surface area contributed by atoms with Gasteiger partial charge in [0.05, 0.1) is 5.56 Å². The number of aldehydes is 1. The van der Waals surface area contributed by atoms with Crippen LogP contribution in [-0.2, 0) is 0 Å². The number of rotatable bonds is 8. The van der Waals surface area contributed by atoms with Gasteiger partial charge in [0.1, 0.15) is 11.5 Å². The molecule has 0 radical (unpaired) electrons. The Balaban J connectivity index is 3.73. The molecule has 0 aromatic heterocycles. The summed E-state index contributed by atoms with van der Waals surface area (Å²) in [5.74, 6) is 0.875. The van der Waals surface area contributed by atoms with Crippen LogP contribution in [0.1, 0.15) is 76.1 Å². The molecular weight excluding hydrogens is 422 g/mol. The topological polar surface area (TPSA) is 55.8 Å². The minimum Gasteiger partial charge on any atom is -0.543 e. The van der Waals surface area contributed by atoms with Crippen molar-refractivity contribution in [2.45, 2.75) is 91.7 Å². The fourth-order valence-corrected chi connectivity index (χ4v) is 4.65. The van der Waals surface area contributed by atoms with Gasteiger partial charge in [-0.25, -0.2) is 0 Å². The van der Waals surface area contributed by atoms with Gasteiger partial charge in [-0.3, -0.25) is 9.59 Å². The van der Waals surface area contributed by atoms with Crippen molar-refractivity contribution < 1.29 is 18.4 Å². The van der Waals surface area contributed by atoms with E-state index >= 15 is 0 Å². The Morgan fingerprint density at radius 3 is 1.74 bits per heavy atom. The molecule has 0 unspecified atom stereocenters. The second kappa shape index (κ2) is 9.49. The van der Waals surface area contributed by atoms with Crippen LogP contribution in [0.25, 0.3) is 0 Å². The fourth-order valence-electron chi connectivity index (χ4n) is 2.62. The Hall–Kier alpha value is -1.61. The van der Waals surface area contributed by atoms with Crippen LogP contribution in [0.15, 0.2) is 12.1 Å². The highest BCUT2D eigenvalue weighted by Crippen LogP contribution is 2.42. The van der Waals surface area contributed by atoms with E-state index in [2.05, 4.69) is 67.7 Å². The van der Waals surface area contributed by atoms with E-state index in [0.29, 0.717) is 35.7 Å². The van der Waals surface area contributed by atoms with Crippen LogP contribution in [0.5, 0.6) is 11.5 Å². The Bertz CT molecular complexity index is 801. The molecule has 1 amide bonds. The van der Waals surface area contributed by atoms with Gasteiger partial charge in [0.2, 0.25) is 8.32 Å². The highest BCUT2D eigenvalue weighted by molar-refractivity contribution is 6.75. The molecule has 0 aliphatic heterocycles. The molecule has 176 valence electrons. The lowest BCUT2D eigenvalue weighted by Crippen LogP contribution is -2.45. The summed E-state index contributed by atoms with van der Waals surface area (Å²) in [5.41, 5.74) is 0.660. The number of hydrogen-bond donors (Lipinski definition) is 0. The summed E-state index contributed by atoms with van der Waals surface area (Å²) in [6.07, 6.45) is 0.744. The molecule has 31 heavy (non-hydrogen) atoms. The Morgan fingerprint density at radius 1 is 0.903 bits per heavy atom. The first-order chi connectivity index (χ1) is 13.9. The maximum atomic E-state index is 13.4. The van der Waals surface area contributed by atoms with E-state index in [9.17, 15) is 9.59 Å². The van der Waals surface area contributed by atoms with Gasteiger partial charge in [-0.2, -0.15) is 0 Å². The van der Waals surface area contributed by atoms with Crippen LogP contribution < -0.4 is 8.85 Å². The van der Waals surface area contributed by atoms with Crippen LogP contribution >= 0.6 is 0 Å². The predicted molar refractivity (Wildman–Crippen MR) is 135 cm³/mol. The molecular formula is C24H43NO4Si2. The summed E-state index contributed by atoms with van der Waals surface area (Å²) < 4.78 is 13.1. The van der Waals surface area contributed by atoms with E-state index in [1.54, 1.807) is 11.0 Å². The quantitative estimate of drug-likeness (QED) is 0.315. The Labute approximate surface area is 191 Å². The highest BCUT2D eigenvalue weighted by atomic mass is 28.4. The smallest absolute Gasteiger partial charge is 0.258 e. The van der Waals surface area contributed by atoms with Gasteiger partial charge in [0.15, 0.2) is 6.29 Å². The van der Waals surface area contributed by atoms with Crippen LogP contribution in [0.4, 0.5) is 0 Å². The minimum atomic E-state index is -2.26. The summed E-state index contributed by atoms with van der Waals surface area (Å²) in [6, 6.07) is 3.52. The van der Waals surface area contributed by atoms with Gasteiger partial charge < -0.3 is 13.8 Å². The van der Waals surface area contributed by atoms with Gasteiger partial charge in [0, 0.05) is 24.7 Å². The average Bonchev–Trinajstić information content (AvgIpc) is 2.59. The Morgan fingerprint density at radius 2 is 1.35 bits per heavy atom. The Kier molecular flexibility index (Phi) is 8.39. The second-order valence-electron chi connectivity index (χ2n) is 11.2. The van der Waals surface area contributed by atoms with Gasteiger partial charge in [0.25, 0.3) is 14.2 Å². The molecule has 0 heterocycles. The maximum absolute atomic E-state index is 13.4. The number of amides is 1. The molecule has 0 aliphatic rings. The van der Waals surface area contributed by atoms with E-state index < -0.39 is 16.6 Å². The van der Waals surface area contributed by atoms with Crippen molar-refractivity contribution in [3.63, 3.8) is 0 Å². The van der Waals surface area contributed by atoms with E-state index in [-0.39, 0.29) is 16.0 Å². The maximum Gasteiger partial charge on any atom is 0.258 e. The first-order valence-corrected chi connectivity index (χ1v) is 17.0. The molecule has 1 aromatic carbocycles. The molecule has 5 nitrogen and oxygen atoms in total. The first-order valence-electron chi connectivity index (χ1n) is 11.2. The molecule has 0 bridgehead atoms. The standard InChI is InChI=1S/C24H43NO4Si2/c1-13-25(14-2)22(27)21-18(17-26)15-19(28-30(9,10)23(3,4)5)16-20(21)29-31(11,12)24(6,7)8/h15-17H,13-14H2,1-12H3. The number of carbonyl (C=O) groups excluding carboxylic acids is 2. The van der Waals surface area contributed by atoms with E-state index in [1.165, 1.54) is 0 Å². The molecule has 0 aliphatic carbocycles. The van der Waals surface area contributed by atoms with Crippen molar-refractivity contribution in [2.24, 2.45) is 0 Å². The third kappa shape index (κ3) is 6.22. The predicted octanol–water partition coefficient (Wildman–Crippen LogP) is 6.75. The van der Waals surface area contributed by atoms with Crippen LogP contribution in [-0.4, -0.2) is 46.8 Å². The normalized spacial score (nSPS) is 13.0. The fraction of sp³-hybridized carbons (Fsp3) is 0.667. The summed E-state index contributed by atoms with van der Waals surface area (Å²) >= 11 is 0.